The third-order valence-electron chi connectivity index (χ3n) is 2.59. The average Bonchev–Trinajstić information content (AvgIpc) is 2.78. The number of hydrogen-bond donors (Lipinski definition) is 2. The summed E-state index contributed by atoms with van der Waals surface area (Å²) in [5, 5.41) is 11.3. The molecule has 0 aliphatic carbocycles. The van der Waals surface area contributed by atoms with Crippen molar-refractivity contribution in [3.8, 4) is 0 Å². The number of halogens is 3. The molecule has 0 aliphatic rings. The number of benzene rings is 1. The molecule has 0 saturated carbocycles. The highest BCUT2D eigenvalue weighted by Gasteiger charge is 2.14. The fourth-order valence-electron chi connectivity index (χ4n) is 1.66. The first kappa shape index (κ1) is 14.9. The van der Waals surface area contributed by atoms with Crippen molar-refractivity contribution in [1.82, 2.24) is 0 Å². The lowest BCUT2D eigenvalue weighted by molar-refractivity contribution is 0.0696. The van der Waals surface area contributed by atoms with Gasteiger partial charge in [-0.2, -0.15) is 0 Å². The lowest BCUT2D eigenvalue weighted by atomic mass is 10.2. The summed E-state index contributed by atoms with van der Waals surface area (Å²) in [6, 6.07) is 5.43. The van der Waals surface area contributed by atoms with Crippen LogP contribution in [-0.4, -0.2) is 17.6 Å². The van der Waals surface area contributed by atoms with Crippen molar-refractivity contribution in [2.24, 2.45) is 0 Å². The van der Waals surface area contributed by atoms with Crippen molar-refractivity contribution in [3.05, 3.63) is 50.1 Å². The highest BCUT2D eigenvalue weighted by atomic mass is 79.9. The van der Waals surface area contributed by atoms with E-state index >= 15 is 0 Å². The first-order valence-corrected chi connectivity index (χ1v) is 7.28. The van der Waals surface area contributed by atoms with Gasteiger partial charge in [-0.15, -0.1) is 11.3 Å². The lowest BCUT2D eigenvalue weighted by Gasteiger charge is -2.09. The summed E-state index contributed by atoms with van der Waals surface area (Å²) in [6.45, 7) is 0.354. The van der Waals surface area contributed by atoms with Crippen LogP contribution in [0.25, 0.3) is 0 Å². The third-order valence-corrected chi connectivity index (χ3v) is 4.27. The summed E-state index contributed by atoms with van der Waals surface area (Å²) in [5.41, 5.74) is -0.710. The van der Waals surface area contributed by atoms with E-state index in [4.69, 9.17) is 5.11 Å². The summed E-state index contributed by atoms with van der Waals surface area (Å²) < 4.78 is 28.3. The van der Waals surface area contributed by atoms with E-state index < -0.39 is 23.2 Å². The Morgan fingerprint density at radius 2 is 1.95 bits per heavy atom. The van der Waals surface area contributed by atoms with E-state index in [1.54, 1.807) is 11.3 Å². The van der Waals surface area contributed by atoms with Crippen LogP contribution in [0.2, 0.25) is 0 Å². The van der Waals surface area contributed by atoms with Gasteiger partial charge < -0.3 is 10.4 Å². The smallest absolute Gasteiger partial charge is 0.335 e. The number of carboxylic acid groups (broad SMARTS) is 1. The van der Waals surface area contributed by atoms with Crippen molar-refractivity contribution in [2.75, 3.05) is 11.9 Å². The second-order valence-electron chi connectivity index (χ2n) is 4.00. The van der Waals surface area contributed by atoms with Gasteiger partial charge in [0.15, 0.2) is 0 Å². The maximum atomic E-state index is 13.6. The zero-order valence-corrected chi connectivity index (χ0v) is 12.5. The van der Waals surface area contributed by atoms with Crippen molar-refractivity contribution in [3.63, 3.8) is 0 Å². The molecule has 0 atom stereocenters. The molecular formula is C13H10BrF2NO2S. The zero-order valence-electron chi connectivity index (χ0n) is 10.1. The van der Waals surface area contributed by atoms with Crippen molar-refractivity contribution >= 4 is 38.9 Å². The zero-order chi connectivity index (χ0) is 14.7. The second kappa shape index (κ2) is 6.32. The van der Waals surface area contributed by atoms with Gasteiger partial charge >= 0.3 is 5.97 Å². The molecule has 1 aromatic heterocycles. The SMILES string of the molecule is O=C(O)c1cc(F)c(NCCc2ccc(Br)s2)c(F)c1. The van der Waals surface area contributed by atoms with E-state index in [0.717, 1.165) is 20.8 Å². The molecule has 2 N–H and O–H groups in total. The fraction of sp³-hybridized carbons (Fsp3) is 0.154. The molecule has 2 rings (SSSR count). The standard InChI is InChI=1S/C13H10BrF2NO2S/c14-11-2-1-8(20-11)3-4-17-12-9(15)5-7(13(18)19)6-10(12)16/h1-2,5-6,17H,3-4H2,(H,18,19). The number of hydrogen-bond acceptors (Lipinski definition) is 3. The van der Waals surface area contributed by atoms with Crippen LogP contribution in [0.1, 0.15) is 15.2 Å². The quantitative estimate of drug-likeness (QED) is 0.841. The van der Waals surface area contributed by atoms with E-state index in [1.807, 2.05) is 12.1 Å². The maximum absolute atomic E-state index is 13.6. The van der Waals surface area contributed by atoms with Crippen LogP contribution in [0.4, 0.5) is 14.5 Å². The molecule has 106 valence electrons. The van der Waals surface area contributed by atoms with Crippen LogP contribution in [-0.2, 0) is 6.42 Å². The van der Waals surface area contributed by atoms with Gasteiger partial charge in [-0.1, -0.05) is 0 Å². The average molecular weight is 362 g/mol. The highest BCUT2D eigenvalue weighted by molar-refractivity contribution is 9.11. The molecule has 0 bridgehead atoms. The fourth-order valence-corrected chi connectivity index (χ4v) is 3.14. The first-order chi connectivity index (χ1) is 9.47. The molecular weight excluding hydrogens is 352 g/mol. The van der Waals surface area contributed by atoms with Gasteiger partial charge in [0.05, 0.1) is 9.35 Å². The second-order valence-corrected chi connectivity index (χ2v) is 6.55. The van der Waals surface area contributed by atoms with Gasteiger partial charge in [0.2, 0.25) is 0 Å². The minimum atomic E-state index is -1.36. The summed E-state index contributed by atoms with van der Waals surface area (Å²) >= 11 is 4.89. The molecule has 0 aliphatic heterocycles. The Kier molecular flexibility index (Phi) is 4.72. The summed E-state index contributed by atoms with van der Waals surface area (Å²) in [6.07, 6.45) is 0.621. The Balaban J connectivity index is 2.04. The van der Waals surface area contributed by atoms with Crippen molar-refractivity contribution in [2.45, 2.75) is 6.42 Å². The molecule has 7 heteroatoms. The Morgan fingerprint density at radius 1 is 1.30 bits per heavy atom. The molecule has 1 aromatic carbocycles. The van der Waals surface area contributed by atoms with Gasteiger partial charge in [0.1, 0.15) is 17.3 Å². The van der Waals surface area contributed by atoms with Crippen LogP contribution < -0.4 is 5.32 Å². The number of nitrogens with one attached hydrogen (secondary N) is 1. The summed E-state index contributed by atoms with van der Waals surface area (Å²) in [5.74, 6) is -3.18. The van der Waals surface area contributed by atoms with Gasteiger partial charge in [-0.3, -0.25) is 0 Å². The van der Waals surface area contributed by atoms with E-state index in [1.165, 1.54) is 0 Å². The van der Waals surface area contributed by atoms with Gasteiger partial charge in [-0.25, -0.2) is 13.6 Å². The molecule has 3 nitrogen and oxygen atoms in total. The number of anilines is 1. The van der Waals surface area contributed by atoms with E-state index in [9.17, 15) is 13.6 Å². The maximum Gasteiger partial charge on any atom is 0.335 e. The largest absolute Gasteiger partial charge is 0.478 e. The summed E-state index contributed by atoms with van der Waals surface area (Å²) in [4.78, 5) is 11.7. The predicted molar refractivity (Wildman–Crippen MR) is 77.5 cm³/mol. The van der Waals surface area contributed by atoms with Gasteiger partial charge in [-0.05, 0) is 46.6 Å². The van der Waals surface area contributed by atoms with Crippen molar-refractivity contribution in [1.29, 1.82) is 0 Å². The Hall–Kier alpha value is -1.47. The molecule has 0 unspecified atom stereocenters. The van der Waals surface area contributed by atoms with Crippen molar-refractivity contribution < 1.29 is 18.7 Å². The number of carboxylic acids is 1. The molecule has 1 heterocycles. The van der Waals surface area contributed by atoms with E-state index in [-0.39, 0.29) is 5.69 Å². The van der Waals surface area contributed by atoms with E-state index in [0.29, 0.717) is 13.0 Å². The normalized spacial score (nSPS) is 10.6. The monoisotopic (exact) mass is 361 g/mol. The predicted octanol–water partition coefficient (Wildman–Crippen LogP) is 4.14. The molecule has 0 amide bonds. The molecule has 0 saturated heterocycles. The van der Waals surface area contributed by atoms with Crippen LogP contribution in [0.3, 0.4) is 0 Å². The Bertz CT molecular complexity index is 622. The number of rotatable bonds is 5. The van der Waals surface area contributed by atoms with Crippen LogP contribution in [0, 0.1) is 11.6 Å². The molecule has 2 aromatic rings. The number of aromatic carboxylic acids is 1. The minimum Gasteiger partial charge on any atom is -0.478 e. The number of carbonyl (C=O) groups is 1. The molecule has 20 heavy (non-hydrogen) atoms. The van der Waals surface area contributed by atoms with Crippen LogP contribution in [0.15, 0.2) is 28.1 Å². The van der Waals surface area contributed by atoms with Gasteiger partial charge in [0.25, 0.3) is 0 Å². The first-order valence-electron chi connectivity index (χ1n) is 5.68. The molecule has 0 radical (unpaired) electrons. The Labute approximate surface area is 126 Å². The molecule has 0 fully saturated rings. The summed E-state index contributed by atoms with van der Waals surface area (Å²) in [7, 11) is 0. The van der Waals surface area contributed by atoms with Crippen LogP contribution >= 0.6 is 27.3 Å². The lowest BCUT2D eigenvalue weighted by Crippen LogP contribution is -2.09. The van der Waals surface area contributed by atoms with E-state index in [2.05, 4.69) is 21.2 Å². The highest BCUT2D eigenvalue weighted by Crippen LogP contribution is 2.24. The Morgan fingerprint density at radius 3 is 2.45 bits per heavy atom. The van der Waals surface area contributed by atoms with Crippen LogP contribution in [0.5, 0.6) is 0 Å². The topological polar surface area (TPSA) is 49.3 Å². The molecule has 0 spiro atoms. The number of thiophene rings is 1. The van der Waals surface area contributed by atoms with Gasteiger partial charge in [0, 0.05) is 11.4 Å². The minimum absolute atomic E-state index is 0.300. The third kappa shape index (κ3) is 3.55.